The number of aromatic amines is 2. The SMILES string of the molecule is O=c1ccc2c(oc3c(-c4ccc(O)c(Cl)c4)c4c[nH][nH]c4nc32)c1O. The number of aromatic nitrogens is 3. The van der Waals surface area contributed by atoms with Crippen LogP contribution in [0.4, 0.5) is 0 Å². The fraction of sp³-hybridized carbons (Fsp3) is 0. The third-order valence-electron chi connectivity index (χ3n) is 4.39. The predicted molar refractivity (Wildman–Crippen MR) is 97.8 cm³/mol. The number of benzene rings is 2. The molecule has 0 bridgehead atoms. The predicted octanol–water partition coefficient (Wildman–Crippen LogP) is 3.88. The molecular formula is C18H10ClN3O4. The van der Waals surface area contributed by atoms with Gasteiger partial charge in [-0.25, -0.2) is 4.98 Å². The third kappa shape index (κ3) is 1.89. The summed E-state index contributed by atoms with van der Waals surface area (Å²) in [7, 11) is 0. The first kappa shape index (κ1) is 14.9. The summed E-state index contributed by atoms with van der Waals surface area (Å²) in [5.74, 6) is -0.485. The lowest BCUT2D eigenvalue weighted by Gasteiger charge is -2.06. The van der Waals surface area contributed by atoms with E-state index >= 15 is 0 Å². The maximum absolute atomic E-state index is 11.7. The van der Waals surface area contributed by atoms with Crippen molar-refractivity contribution >= 4 is 44.7 Å². The molecule has 0 radical (unpaired) electrons. The summed E-state index contributed by atoms with van der Waals surface area (Å²) in [6.07, 6.45) is 1.73. The normalized spacial score (nSPS) is 11.7. The van der Waals surface area contributed by atoms with Crippen LogP contribution in [0.2, 0.25) is 5.02 Å². The summed E-state index contributed by atoms with van der Waals surface area (Å²) in [5.41, 5.74) is 2.41. The van der Waals surface area contributed by atoms with Crippen molar-refractivity contribution < 1.29 is 14.6 Å². The molecule has 0 aliphatic rings. The Balaban J connectivity index is 2.01. The van der Waals surface area contributed by atoms with Gasteiger partial charge in [0, 0.05) is 17.1 Å². The van der Waals surface area contributed by atoms with Crippen molar-refractivity contribution in [2.24, 2.45) is 0 Å². The molecule has 128 valence electrons. The van der Waals surface area contributed by atoms with E-state index in [1.807, 2.05) is 0 Å². The van der Waals surface area contributed by atoms with Crippen LogP contribution in [0.1, 0.15) is 0 Å². The van der Waals surface area contributed by atoms with Gasteiger partial charge in [-0.15, -0.1) is 0 Å². The van der Waals surface area contributed by atoms with Crippen molar-refractivity contribution in [3.05, 3.63) is 51.8 Å². The van der Waals surface area contributed by atoms with Crippen LogP contribution in [-0.2, 0) is 0 Å². The monoisotopic (exact) mass is 367 g/mol. The van der Waals surface area contributed by atoms with Crippen LogP contribution < -0.4 is 5.43 Å². The van der Waals surface area contributed by atoms with Crippen LogP contribution in [0.25, 0.3) is 44.2 Å². The second-order valence-corrected chi connectivity index (χ2v) is 6.30. The van der Waals surface area contributed by atoms with Crippen molar-refractivity contribution in [3.63, 3.8) is 0 Å². The molecule has 26 heavy (non-hydrogen) atoms. The molecule has 0 saturated carbocycles. The molecule has 3 heterocycles. The number of furan rings is 1. The van der Waals surface area contributed by atoms with Crippen LogP contribution >= 0.6 is 11.6 Å². The van der Waals surface area contributed by atoms with Gasteiger partial charge in [0.15, 0.2) is 16.8 Å². The fourth-order valence-corrected chi connectivity index (χ4v) is 3.35. The van der Waals surface area contributed by atoms with Gasteiger partial charge in [0.2, 0.25) is 11.2 Å². The summed E-state index contributed by atoms with van der Waals surface area (Å²) in [5, 5.41) is 27.1. The van der Waals surface area contributed by atoms with Crippen molar-refractivity contribution in [1.29, 1.82) is 0 Å². The first-order valence-corrected chi connectivity index (χ1v) is 8.05. The van der Waals surface area contributed by atoms with Gasteiger partial charge in [-0.1, -0.05) is 17.7 Å². The minimum atomic E-state index is -0.523. The van der Waals surface area contributed by atoms with Crippen molar-refractivity contribution in [1.82, 2.24) is 15.2 Å². The van der Waals surface area contributed by atoms with Gasteiger partial charge in [-0.05, 0) is 29.8 Å². The van der Waals surface area contributed by atoms with Gasteiger partial charge in [-0.3, -0.25) is 9.89 Å². The van der Waals surface area contributed by atoms with Gasteiger partial charge in [0.1, 0.15) is 11.3 Å². The van der Waals surface area contributed by atoms with Crippen LogP contribution in [-0.4, -0.2) is 25.4 Å². The highest BCUT2D eigenvalue weighted by Crippen LogP contribution is 2.41. The number of hydrogen-bond donors (Lipinski definition) is 4. The Bertz CT molecular complexity index is 1400. The molecule has 0 unspecified atom stereocenters. The number of phenolic OH excluding ortho intramolecular Hbond substituents is 2. The van der Waals surface area contributed by atoms with E-state index in [2.05, 4.69) is 15.2 Å². The van der Waals surface area contributed by atoms with E-state index in [9.17, 15) is 15.0 Å². The number of H-pyrrole nitrogens is 2. The highest BCUT2D eigenvalue weighted by molar-refractivity contribution is 6.32. The molecule has 5 aromatic rings. The molecule has 5 rings (SSSR count). The molecule has 0 saturated heterocycles. The number of rotatable bonds is 1. The summed E-state index contributed by atoms with van der Waals surface area (Å²) in [6, 6.07) is 7.65. The lowest BCUT2D eigenvalue weighted by Crippen LogP contribution is -1.95. The van der Waals surface area contributed by atoms with Gasteiger partial charge < -0.3 is 19.7 Å². The summed E-state index contributed by atoms with van der Waals surface area (Å²) in [4.78, 5) is 16.3. The topological polar surface area (TPSA) is 115 Å². The van der Waals surface area contributed by atoms with Crippen molar-refractivity contribution in [2.45, 2.75) is 0 Å². The maximum Gasteiger partial charge on any atom is 0.224 e. The van der Waals surface area contributed by atoms with Crippen molar-refractivity contribution in [3.8, 4) is 22.6 Å². The largest absolute Gasteiger partial charge is 0.506 e. The number of phenols is 2. The van der Waals surface area contributed by atoms with Gasteiger partial charge in [0.25, 0.3) is 0 Å². The first-order chi connectivity index (χ1) is 12.5. The second kappa shape index (κ2) is 5.03. The van der Waals surface area contributed by atoms with E-state index in [0.717, 1.165) is 5.39 Å². The summed E-state index contributed by atoms with van der Waals surface area (Å²) in [6.45, 7) is 0. The summed E-state index contributed by atoms with van der Waals surface area (Å²) < 4.78 is 5.85. The number of nitrogens with one attached hydrogen (secondary N) is 2. The molecule has 4 N–H and O–H groups in total. The highest BCUT2D eigenvalue weighted by atomic mass is 35.5. The molecule has 0 amide bonds. The van der Waals surface area contributed by atoms with E-state index in [4.69, 9.17) is 16.0 Å². The van der Waals surface area contributed by atoms with E-state index in [1.165, 1.54) is 12.1 Å². The Morgan fingerprint density at radius 2 is 1.92 bits per heavy atom. The molecule has 3 aromatic heterocycles. The summed E-state index contributed by atoms with van der Waals surface area (Å²) >= 11 is 6.07. The zero-order chi connectivity index (χ0) is 18.0. The Morgan fingerprint density at radius 1 is 1.08 bits per heavy atom. The van der Waals surface area contributed by atoms with E-state index < -0.39 is 11.2 Å². The Hall–Kier alpha value is -3.45. The molecule has 2 aromatic carbocycles. The van der Waals surface area contributed by atoms with E-state index in [0.29, 0.717) is 33.3 Å². The zero-order valence-corrected chi connectivity index (χ0v) is 13.8. The van der Waals surface area contributed by atoms with Gasteiger partial charge >= 0.3 is 0 Å². The minimum Gasteiger partial charge on any atom is -0.506 e. The van der Waals surface area contributed by atoms with Crippen molar-refractivity contribution in [2.75, 3.05) is 0 Å². The average molecular weight is 368 g/mol. The molecule has 7 nitrogen and oxygen atoms in total. The molecule has 0 spiro atoms. The van der Waals surface area contributed by atoms with Crippen LogP contribution in [0.5, 0.6) is 11.5 Å². The number of nitrogens with zero attached hydrogens (tertiary/aromatic N) is 1. The quantitative estimate of drug-likeness (QED) is 0.359. The van der Waals surface area contributed by atoms with Crippen LogP contribution in [0, 0.1) is 0 Å². The van der Waals surface area contributed by atoms with Crippen LogP contribution in [0.15, 0.2) is 45.7 Å². The molecule has 0 atom stereocenters. The second-order valence-electron chi connectivity index (χ2n) is 5.90. The molecule has 8 heteroatoms. The smallest absolute Gasteiger partial charge is 0.224 e. The van der Waals surface area contributed by atoms with E-state index in [-0.39, 0.29) is 16.4 Å². The zero-order valence-electron chi connectivity index (χ0n) is 13.0. The average Bonchev–Trinajstić information content (AvgIpc) is 3.23. The first-order valence-electron chi connectivity index (χ1n) is 7.67. The van der Waals surface area contributed by atoms with Gasteiger partial charge in [0.05, 0.1) is 10.4 Å². The van der Waals surface area contributed by atoms with Gasteiger partial charge in [-0.2, -0.15) is 0 Å². The number of hydrogen-bond acceptors (Lipinski definition) is 5. The standard InChI is InChI=1S/C18H10ClN3O4/c19-10-5-7(1-3-11(10)23)13-9-6-20-22-18(9)21-14-8-2-4-12(24)15(25)16(8)26-17(13)14/h1-6,23,25H,(H2,20,21,22). The third-order valence-corrected chi connectivity index (χ3v) is 4.69. The number of pyridine rings is 1. The molecule has 0 fully saturated rings. The minimum absolute atomic E-state index is 0.0316. The van der Waals surface area contributed by atoms with Crippen LogP contribution in [0.3, 0.4) is 0 Å². The number of aromatic hydroxyl groups is 2. The Kier molecular flexibility index (Phi) is 2.87. The maximum atomic E-state index is 11.7. The molecule has 0 aliphatic heterocycles. The highest BCUT2D eigenvalue weighted by Gasteiger charge is 2.21. The number of halogens is 1. The lowest BCUT2D eigenvalue weighted by molar-refractivity contribution is 0.464. The Labute approximate surface area is 149 Å². The Morgan fingerprint density at radius 3 is 2.73 bits per heavy atom. The van der Waals surface area contributed by atoms with E-state index in [1.54, 1.807) is 24.4 Å². The number of fused-ring (bicyclic) bond motifs is 4. The fourth-order valence-electron chi connectivity index (χ4n) is 3.17. The molecule has 0 aliphatic carbocycles. The molecular weight excluding hydrogens is 358 g/mol. The lowest BCUT2D eigenvalue weighted by atomic mass is 10.0.